The lowest BCUT2D eigenvalue weighted by molar-refractivity contribution is -0.138. The monoisotopic (exact) mass is 381 g/mol. The Bertz CT molecular complexity index is 776. The normalized spacial score (nSPS) is 20.9. The first-order chi connectivity index (χ1) is 13.7. The van der Waals surface area contributed by atoms with Gasteiger partial charge in [0, 0.05) is 32.0 Å². The van der Waals surface area contributed by atoms with Gasteiger partial charge in [-0.2, -0.15) is 0 Å². The molecule has 1 amide bonds. The van der Waals surface area contributed by atoms with Crippen LogP contribution in [0.1, 0.15) is 19.3 Å². The minimum Gasteiger partial charge on any atom is -0.482 e. The molecule has 0 aliphatic carbocycles. The lowest BCUT2D eigenvalue weighted by Gasteiger charge is -2.39. The number of likely N-dealkylation sites (N-methyl/N-ethyl adjacent to an activating group) is 1. The Morgan fingerprint density at radius 1 is 1.25 bits per heavy atom. The van der Waals surface area contributed by atoms with E-state index in [0.717, 1.165) is 39.0 Å². The van der Waals surface area contributed by atoms with Gasteiger partial charge in [0.2, 0.25) is 0 Å². The quantitative estimate of drug-likeness (QED) is 0.797. The van der Waals surface area contributed by atoms with Crippen LogP contribution in [0.5, 0.6) is 5.75 Å². The number of ether oxygens (including phenoxy) is 2. The van der Waals surface area contributed by atoms with Crippen LogP contribution >= 0.6 is 0 Å². The smallest absolute Gasteiger partial charge is 0.260 e. The molecule has 148 valence electrons. The Balaban J connectivity index is 1.27. The van der Waals surface area contributed by atoms with Gasteiger partial charge in [-0.05, 0) is 43.5 Å². The molecule has 2 aliphatic rings. The number of piperidine rings is 1. The average molecular weight is 381 g/mol. The number of hydrogen-bond donors (Lipinski definition) is 0. The summed E-state index contributed by atoms with van der Waals surface area (Å²) in [5.74, 6) is 0.643. The minimum absolute atomic E-state index is 0.0228. The van der Waals surface area contributed by atoms with Gasteiger partial charge in [-0.3, -0.25) is 9.78 Å². The highest BCUT2D eigenvalue weighted by Crippen LogP contribution is 2.38. The fourth-order valence-corrected chi connectivity index (χ4v) is 4.12. The second-order valence-corrected chi connectivity index (χ2v) is 7.66. The van der Waals surface area contributed by atoms with Crippen molar-refractivity contribution in [3.05, 3.63) is 54.9 Å². The Kier molecular flexibility index (Phi) is 5.48. The number of rotatable bonds is 5. The van der Waals surface area contributed by atoms with Crippen LogP contribution in [0.4, 0.5) is 5.69 Å². The summed E-state index contributed by atoms with van der Waals surface area (Å²) in [4.78, 5) is 20.7. The van der Waals surface area contributed by atoms with Crippen molar-refractivity contribution in [2.24, 2.45) is 0 Å². The first-order valence-corrected chi connectivity index (χ1v) is 9.88. The molecule has 1 aromatic heterocycles. The summed E-state index contributed by atoms with van der Waals surface area (Å²) < 4.78 is 11.8. The number of amides is 1. The summed E-state index contributed by atoms with van der Waals surface area (Å²) >= 11 is 0. The van der Waals surface area contributed by atoms with Gasteiger partial charge in [0.25, 0.3) is 5.91 Å². The molecule has 2 fully saturated rings. The maximum Gasteiger partial charge on any atom is 0.260 e. The van der Waals surface area contributed by atoms with Crippen molar-refractivity contribution < 1.29 is 14.3 Å². The van der Waals surface area contributed by atoms with Crippen molar-refractivity contribution in [1.29, 1.82) is 0 Å². The fourth-order valence-electron chi connectivity index (χ4n) is 4.12. The van der Waals surface area contributed by atoms with Crippen molar-refractivity contribution >= 4 is 11.6 Å². The number of likely N-dealkylation sites (tertiary alicyclic amines) is 1. The van der Waals surface area contributed by atoms with Gasteiger partial charge in [-0.15, -0.1) is 0 Å². The number of carbonyl (C=O) groups is 1. The van der Waals surface area contributed by atoms with Crippen molar-refractivity contribution in [3.63, 3.8) is 0 Å². The molecule has 6 heteroatoms. The molecule has 1 aromatic carbocycles. The summed E-state index contributed by atoms with van der Waals surface area (Å²) in [5.41, 5.74) is 1.11. The van der Waals surface area contributed by atoms with Gasteiger partial charge < -0.3 is 19.3 Å². The van der Waals surface area contributed by atoms with Gasteiger partial charge in [0.15, 0.2) is 6.61 Å². The van der Waals surface area contributed by atoms with E-state index in [2.05, 4.69) is 41.2 Å². The van der Waals surface area contributed by atoms with E-state index in [4.69, 9.17) is 9.47 Å². The molecule has 1 spiro atoms. The van der Waals surface area contributed by atoms with Crippen LogP contribution in [0.3, 0.4) is 0 Å². The number of benzene rings is 1. The van der Waals surface area contributed by atoms with Crippen LogP contribution in [-0.2, 0) is 9.53 Å². The molecular formula is C22H27N3O3. The minimum atomic E-state index is -0.102. The van der Waals surface area contributed by atoms with E-state index < -0.39 is 0 Å². The number of para-hydroxylation sites is 1. The Morgan fingerprint density at radius 3 is 2.75 bits per heavy atom. The van der Waals surface area contributed by atoms with Crippen LogP contribution in [0.2, 0.25) is 0 Å². The van der Waals surface area contributed by atoms with Gasteiger partial charge in [-0.25, -0.2) is 0 Å². The van der Waals surface area contributed by atoms with Crippen LogP contribution in [-0.4, -0.2) is 60.8 Å². The first kappa shape index (κ1) is 18.7. The molecule has 4 rings (SSSR count). The summed E-state index contributed by atoms with van der Waals surface area (Å²) in [6.07, 6.45) is 6.07. The van der Waals surface area contributed by atoms with Crippen molar-refractivity contribution in [3.8, 4) is 5.75 Å². The van der Waals surface area contributed by atoms with Gasteiger partial charge >= 0.3 is 0 Å². The fraction of sp³-hybridized carbons (Fsp3) is 0.455. The van der Waals surface area contributed by atoms with Crippen molar-refractivity contribution in [1.82, 2.24) is 9.88 Å². The molecule has 28 heavy (non-hydrogen) atoms. The van der Waals surface area contributed by atoms with Crippen molar-refractivity contribution in [2.75, 3.05) is 38.3 Å². The predicted molar refractivity (Wildman–Crippen MR) is 107 cm³/mol. The standard InChI is InChI=1S/C22H27N3O3/c1-24(18-6-3-2-4-7-18)19-14-22(28-16-19)9-12-25(13-10-22)21(26)17-27-20-8-5-11-23-15-20/h2-8,11,15,19H,9-10,12-14,16-17H2,1H3/t19-/m1/s1. The number of carbonyl (C=O) groups excluding carboxylic acids is 1. The molecular weight excluding hydrogens is 354 g/mol. The molecule has 0 radical (unpaired) electrons. The molecule has 2 aromatic rings. The predicted octanol–water partition coefficient (Wildman–Crippen LogP) is 2.75. The zero-order chi connectivity index (χ0) is 19.4. The highest BCUT2D eigenvalue weighted by Gasteiger charge is 2.44. The molecule has 0 unspecified atom stereocenters. The maximum absolute atomic E-state index is 12.5. The van der Waals surface area contributed by atoms with Crippen LogP contribution < -0.4 is 9.64 Å². The second kappa shape index (κ2) is 8.19. The third-order valence-corrected chi connectivity index (χ3v) is 5.92. The van der Waals surface area contributed by atoms with E-state index in [0.29, 0.717) is 11.8 Å². The van der Waals surface area contributed by atoms with Crippen molar-refractivity contribution in [2.45, 2.75) is 30.9 Å². The summed E-state index contributed by atoms with van der Waals surface area (Å²) in [6.45, 7) is 2.23. The number of pyridine rings is 1. The van der Waals surface area contributed by atoms with Crippen LogP contribution in [0.25, 0.3) is 0 Å². The van der Waals surface area contributed by atoms with E-state index in [-0.39, 0.29) is 18.1 Å². The van der Waals surface area contributed by atoms with E-state index >= 15 is 0 Å². The molecule has 6 nitrogen and oxygen atoms in total. The van der Waals surface area contributed by atoms with Crippen LogP contribution in [0, 0.1) is 0 Å². The maximum atomic E-state index is 12.5. The largest absolute Gasteiger partial charge is 0.482 e. The summed E-state index contributed by atoms with van der Waals surface area (Å²) in [5, 5.41) is 0. The number of hydrogen-bond acceptors (Lipinski definition) is 5. The molecule has 3 heterocycles. The van der Waals surface area contributed by atoms with Gasteiger partial charge in [0.1, 0.15) is 5.75 Å². The van der Waals surface area contributed by atoms with Gasteiger partial charge in [-0.1, -0.05) is 18.2 Å². The molecule has 2 saturated heterocycles. The topological polar surface area (TPSA) is 54.9 Å². The molecule has 0 bridgehead atoms. The zero-order valence-corrected chi connectivity index (χ0v) is 16.3. The number of nitrogens with zero attached hydrogens (tertiary/aromatic N) is 3. The molecule has 2 aliphatic heterocycles. The van der Waals surface area contributed by atoms with E-state index in [9.17, 15) is 4.79 Å². The molecule has 0 N–H and O–H groups in total. The lowest BCUT2D eigenvalue weighted by Crippen LogP contribution is -2.48. The van der Waals surface area contributed by atoms with Crippen LogP contribution in [0.15, 0.2) is 54.9 Å². The number of anilines is 1. The van der Waals surface area contributed by atoms with E-state index in [1.165, 1.54) is 5.69 Å². The Labute approximate surface area is 166 Å². The second-order valence-electron chi connectivity index (χ2n) is 7.66. The third kappa shape index (κ3) is 4.12. The highest BCUT2D eigenvalue weighted by molar-refractivity contribution is 5.77. The third-order valence-electron chi connectivity index (χ3n) is 5.92. The van der Waals surface area contributed by atoms with Gasteiger partial charge in [0.05, 0.1) is 24.4 Å². The first-order valence-electron chi connectivity index (χ1n) is 9.88. The highest BCUT2D eigenvalue weighted by atomic mass is 16.5. The zero-order valence-electron chi connectivity index (χ0n) is 16.3. The Morgan fingerprint density at radius 2 is 2.04 bits per heavy atom. The molecule has 1 atom stereocenters. The van der Waals surface area contributed by atoms with E-state index in [1.807, 2.05) is 11.0 Å². The molecule has 0 saturated carbocycles. The average Bonchev–Trinajstić information content (AvgIpc) is 3.17. The lowest BCUT2D eigenvalue weighted by atomic mass is 9.87. The Hall–Kier alpha value is -2.60. The summed E-state index contributed by atoms with van der Waals surface area (Å²) in [6, 6.07) is 14.4. The number of aromatic nitrogens is 1. The van der Waals surface area contributed by atoms with E-state index in [1.54, 1.807) is 24.5 Å². The summed E-state index contributed by atoms with van der Waals surface area (Å²) in [7, 11) is 2.14. The SMILES string of the molecule is CN(c1ccccc1)[C@H]1COC2(CCN(C(=O)COc3cccnc3)CC2)C1.